The van der Waals surface area contributed by atoms with Gasteiger partial charge in [0.1, 0.15) is 0 Å². The van der Waals surface area contributed by atoms with E-state index >= 15 is 0 Å². The number of amides is 1. The molecular weight excluding hydrogens is 328 g/mol. The number of nitrogens with one attached hydrogen (secondary N) is 2. The van der Waals surface area contributed by atoms with Gasteiger partial charge in [0.2, 0.25) is 5.91 Å². The minimum atomic E-state index is -2.20. The van der Waals surface area contributed by atoms with Crippen molar-refractivity contribution >= 4 is 17.5 Å². The van der Waals surface area contributed by atoms with Crippen molar-refractivity contribution < 1.29 is 15.0 Å². The maximum absolute atomic E-state index is 11.8. The molecule has 2 aromatic carbocycles. The van der Waals surface area contributed by atoms with E-state index in [9.17, 15) is 15.0 Å². The lowest BCUT2D eigenvalue weighted by atomic mass is 10.1. The topological polar surface area (TPSA) is 81.6 Å². The monoisotopic (exact) mass is 348 g/mol. The van der Waals surface area contributed by atoms with Crippen LogP contribution in [0.4, 0.5) is 0 Å². The molecule has 2 aromatic rings. The molecule has 0 unspecified atom stereocenters. The Morgan fingerprint density at radius 2 is 1.67 bits per heavy atom. The maximum atomic E-state index is 11.8. The fourth-order valence-corrected chi connectivity index (χ4v) is 2.34. The summed E-state index contributed by atoms with van der Waals surface area (Å²) in [5.74, 6) is -2.35. The summed E-state index contributed by atoms with van der Waals surface area (Å²) in [6, 6.07) is 16.0. The smallest absolute Gasteiger partial charge is 0.250 e. The Bertz CT molecular complexity index is 645. The van der Waals surface area contributed by atoms with Gasteiger partial charge in [-0.05, 0) is 24.1 Å². The van der Waals surface area contributed by atoms with Crippen LogP contribution in [0.5, 0.6) is 0 Å². The summed E-state index contributed by atoms with van der Waals surface area (Å²) in [7, 11) is 0. The van der Waals surface area contributed by atoms with E-state index in [0.717, 1.165) is 12.0 Å². The van der Waals surface area contributed by atoms with Crippen molar-refractivity contribution in [3.05, 3.63) is 70.7 Å². The molecule has 1 amide bonds. The van der Waals surface area contributed by atoms with Crippen molar-refractivity contribution in [3.8, 4) is 0 Å². The van der Waals surface area contributed by atoms with Gasteiger partial charge < -0.3 is 15.5 Å². The third-order valence-electron chi connectivity index (χ3n) is 3.55. The van der Waals surface area contributed by atoms with E-state index in [0.29, 0.717) is 11.6 Å². The predicted octanol–water partition coefficient (Wildman–Crippen LogP) is 1.77. The van der Waals surface area contributed by atoms with Crippen LogP contribution in [0.2, 0.25) is 5.02 Å². The molecule has 2 rings (SSSR count). The van der Waals surface area contributed by atoms with Crippen LogP contribution in [0.1, 0.15) is 17.5 Å². The number of carbonyl (C=O) groups excluding carboxylic acids is 1. The molecule has 0 atom stereocenters. The third kappa shape index (κ3) is 5.94. The summed E-state index contributed by atoms with van der Waals surface area (Å²) in [6.45, 7) is 0.677. The Balaban J connectivity index is 1.69. The van der Waals surface area contributed by atoms with Crippen LogP contribution in [0.25, 0.3) is 0 Å². The molecule has 0 aliphatic heterocycles. The molecule has 0 spiro atoms. The highest BCUT2D eigenvalue weighted by molar-refractivity contribution is 6.30. The molecule has 0 fully saturated rings. The van der Waals surface area contributed by atoms with Crippen LogP contribution in [-0.4, -0.2) is 29.2 Å². The third-order valence-corrected chi connectivity index (χ3v) is 3.80. The number of rotatable bonds is 8. The van der Waals surface area contributed by atoms with Gasteiger partial charge in [0.25, 0.3) is 5.91 Å². The largest absolute Gasteiger partial charge is 0.356 e. The molecule has 0 aliphatic rings. The molecule has 0 saturated carbocycles. The predicted molar refractivity (Wildman–Crippen MR) is 93.3 cm³/mol. The first kappa shape index (κ1) is 18.4. The second kappa shape index (κ2) is 8.80. The Morgan fingerprint density at radius 1 is 1.00 bits per heavy atom. The number of hydrogen-bond acceptors (Lipinski definition) is 4. The zero-order chi connectivity index (χ0) is 17.4. The van der Waals surface area contributed by atoms with E-state index in [1.54, 1.807) is 12.1 Å². The molecule has 6 heteroatoms. The quantitative estimate of drug-likeness (QED) is 0.548. The fourth-order valence-electron chi connectivity index (χ4n) is 2.21. The SMILES string of the molecule is O=C(CCNC(O)(O)c1ccc(Cl)cc1)NCCc1ccccc1. The summed E-state index contributed by atoms with van der Waals surface area (Å²) >= 11 is 5.76. The minimum absolute atomic E-state index is 0.132. The summed E-state index contributed by atoms with van der Waals surface area (Å²) in [5.41, 5.74) is 1.42. The Hall–Kier alpha value is -1.92. The first-order valence-electron chi connectivity index (χ1n) is 7.74. The van der Waals surface area contributed by atoms with Crippen LogP contribution in [0.15, 0.2) is 54.6 Å². The van der Waals surface area contributed by atoms with Crippen molar-refractivity contribution in [2.75, 3.05) is 13.1 Å². The van der Waals surface area contributed by atoms with Crippen molar-refractivity contribution in [3.63, 3.8) is 0 Å². The van der Waals surface area contributed by atoms with Crippen LogP contribution in [-0.2, 0) is 17.1 Å². The molecule has 0 bridgehead atoms. The number of benzene rings is 2. The van der Waals surface area contributed by atoms with Crippen LogP contribution < -0.4 is 10.6 Å². The highest BCUT2D eigenvalue weighted by Crippen LogP contribution is 2.17. The highest BCUT2D eigenvalue weighted by Gasteiger charge is 2.24. The van der Waals surface area contributed by atoms with E-state index in [-0.39, 0.29) is 24.4 Å². The standard InChI is InChI=1S/C18H21ClN2O3/c19-16-8-6-15(7-9-16)18(23,24)21-13-11-17(22)20-12-10-14-4-2-1-3-5-14/h1-9,21,23-24H,10-13H2,(H,20,22). The van der Waals surface area contributed by atoms with Gasteiger partial charge >= 0.3 is 0 Å². The Kier molecular flexibility index (Phi) is 6.75. The van der Waals surface area contributed by atoms with Gasteiger partial charge in [-0.15, -0.1) is 0 Å². The molecule has 0 heterocycles. The summed E-state index contributed by atoms with van der Waals surface area (Å²) in [6.07, 6.45) is 0.903. The molecule has 0 radical (unpaired) electrons. The number of halogens is 1. The van der Waals surface area contributed by atoms with Gasteiger partial charge in [-0.25, -0.2) is 0 Å². The molecule has 0 saturated heterocycles. The van der Waals surface area contributed by atoms with Crippen molar-refractivity contribution in [1.29, 1.82) is 0 Å². The average Bonchev–Trinajstić information content (AvgIpc) is 2.56. The van der Waals surface area contributed by atoms with Crippen molar-refractivity contribution in [1.82, 2.24) is 10.6 Å². The van der Waals surface area contributed by atoms with Gasteiger partial charge in [-0.3, -0.25) is 10.1 Å². The molecule has 4 N–H and O–H groups in total. The second-order valence-electron chi connectivity index (χ2n) is 5.44. The second-order valence-corrected chi connectivity index (χ2v) is 5.88. The maximum Gasteiger partial charge on any atom is 0.250 e. The lowest BCUT2D eigenvalue weighted by Gasteiger charge is -2.23. The first-order chi connectivity index (χ1) is 11.5. The Labute approximate surface area is 146 Å². The van der Waals surface area contributed by atoms with Gasteiger partial charge in [0.05, 0.1) is 0 Å². The fraction of sp³-hybridized carbons (Fsp3) is 0.278. The van der Waals surface area contributed by atoms with Gasteiger partial charge in [0, 0.05) is 30.1 Å². The minimum Gasteiger partial charge on any atom is -0.356 e. The highest BCUT2D eigenvalue weighted by atomic mass is 35.5. The lowest BCUT2D eigenvalue weighted by molar-refractivity contribution is -0.194. The van der Waals surface area contributed by atoms with E-state index in [1.165, 1.54) is 12.1 Å². The lowest BCUT2D eigenvalue weighted by Crippen LogP contribution is -2.43. The summed E-state index contributed by atoms with van der Waals surface area (Å²) in [4.78, 5) is 11.8. The van der Waals surface area contributed by atoms with E-state index in [4.69, 9.17) is 11.6 Å². The van der Waals surface area contributed by atoms with Crippen LogP contribution >= 0.6 is 11.6 Å². The van der Waals surface area contributed by atoms with Crippen LogP contribution in [0.3, 0.4) is 0 Å². The van der Waals surface area contributed by atoms with E-state index < -0.39 is 5.91 Å². The van der Waals surface area contributed by atoms with Crippen LogP contribution in [0, 0.1) is 0 Å². The van der Waals surface area contributed by atoms with E-state index in [1.807, 2.05) is 30.3 Å². The number of aliphatic hydroxyl groups is 2. The zero-order valence-corrected chi connectivity index (χ0v) is 14.0. The van der Waals surface area contributed by atoms with Crippen molar-refractivity contribution in [2.45, 2.75) is 18.8 Å². The number of carbonyl (C=O) groups is 1. The summed E-state index contributed by atoms with van der Waals surface area (Å²) in [5, 5.41) is 25.8. The zero-order valence-electron chi connectivity index (χ0n) is 13.2. The number of hydrogen-bond donors (Lipinski definition) is 4. The molecule has 24 heavy (non-hydrogen) atoms. The van der Waals surface area contributed by atoms with Gasteiger partial charge in [-0.2, -0.15) is 0 Å². The molecule has 5 nitrogen and oxygen atoms in total. The van der Waals surface area contributed by atoms with E-state index in [2.05, 4.69) is 10.6 Å². The van der Waals surface area contributed by atoms with Gasteiger partial charge in [0.15, 0.2) is 0 Å². The summed E-state index contributed by atoms with van der Waals surface area (Å²) < 4.78 is 0. The molecule has 128 valence electrons. The van der Waals surface area contributed by atoms with Crippen molar-refractivity contribution in [2.24, 2.45) is 0 Å². The molecule has 0 aromatic heterocycles. The first-order valence-corrected chi connectivity index (χ1v) is 8.11. The normalized spacial score (nSPS) is 11.3. The molecule has 0 aliphatic carbocycles. The Morgan fingerprint density at radius 3 is 2.33 bits per heavy atom. The van der Waals surface area contributed by atoms with Gasteiger partial charge in [-0.1, -0.05) is 54.1 Å². The average molecular weight is 349 g/mol. The molecular formula is C18H21ClN2O3.